The maximum atomic E-state index is 12.2. The number of ether oxygens (including phenoxy) is 3. The Morgan fingerprint density at radius 1 is 1.25 bits per heavy atom. The average molecular weight is 389 g/mol. The summed E-state index contributed by atoms with van der Waals surface area (Å²) in [6, 6.07) is 9.35. The summed E-state index contributed by atoms with van der Waals surface area (Å²) in [6.45, 7) is 2.58. The van der Waals surface area contributed by atoms with Crippen molar-refractivity contribution in [1.29, 1.82) is 5.26 Å². The molecule has 2 saturated heterocycles. The van der Waals surface area contributed by atoms with Crippen LogP contribution >= 0.6 is 0 Å². The van der Waals surface area contributed by atoms with Gasteiger partial charge in [-0.1, -0.05) is 0 Å². The first-order valence-electron chi connectivity index (χ1n) is 9.58. The maximum absolute atomic E-state index is 12.2. The van der Waals surface area contributed by atoms with E-state index in [1.54, 1.807) is 36.3 Å². The lowest BCUT2D eigenvalue weighted by Crippen LogP contribution is -2.57. The minimum Gasteiger partial charge on any atom is -0.491 e. The molecular formula is C20H27N3O5. The fourth-order valence-electron chi connectivity index (χ4n) is 3.86. The van der Waals surface area contributed by atoms with Crippen LogP contribution in [0.1, 0.15) is 18.4 Å². The molecule has 1 aromatic carbocycles. The van der Waals surface area contributed by atoms with Crippen LogP contribution < -0.4 is 4.74 Å². The molecule has 28 heavy (non-hydrogen) atoms. The third-order valence-corrected chi connectivity index (χ3v) is 5.25. The molecule has 3 rings (SSSR count). The predicted octanol–water partition coefficient (Wildman–Crippen LogP) is 1.23. The molecule has 1 aromatic rings. The molecule has 0 saturated carbocycles. The highest BCUT2D eigenvalue weighted by Crippen LogP contribution is 2.30. The lowest BCUT2D eigenvalue weighted by molar-refractivity contribution is 0.00523. The number of nitriles is 1. The zero-order valence-electron chi connectivity index (χ0n) is 16.1. The number of piperazine rings is 1. The zero-order valence-corrected chi connectivity index (χ0v) is 16.1. The largest absolute Gasteiger partial charge is 0.491 e. The number of carbonyl (C=O) groups is 1. The summed E-state index contributed by atoms with van der Waals surface area (Å²) in [4.78, 5) is 16.2. The Morgan fingerprint density at radius 3 is 2.54 bits per heavy atom. The van der Waals surface area contributed by atoms with Gasteiger partial charge in [-0.25, -0.2) is 4.79 Å². The molecule has 0 aliphatic carbocycles. The summed E-state index contributed by atoms with van der Waals surface area (Å²) in [5, 5.41) is 19.2. The third-order valence-electron chi connectivity index (χ3n) is 5.25. The normalized spacial score (nSPS) is 22.5. The van der Waals surface area contributed by atoms with Gasteiger partial charge >= 0.3 is 6.09 Å². The lowest BCUT2D eigenvalue weighted by Gasteiger charge is -2.41. The molecule has 1 N–H and O–H groups in total. The summed E-state index contributed by atoms with van der Waals surface area (Å²) < 4.78 is 15.8. The fourth-order valence-corrected chi connectivity index (χ4v) is 3.86. The van der Waals surface area contributed by atoms with Gasteiger partial charge in [0.2, 0.25) is 0 Å². The Bertz CT molecular complexity index is 676. The second-order valence-electron chi connectivity index (χ2n) is 7.19. The number of aliphatic hydroxyl groups excluding tert-OH is 1. The van der Waals surface area contributed by atoms with E-state index in [0.717, 1.165) is 12.8 Å². The molecule has 2 bridgehead atoms. The quantitative estimate of drug-likeness (QED) is 0.668. The lowest BCUT2D eigenvalue weighted by atomic mass is 10.1. The smallest absolute Gasteiger partial charge is 0.409 e. The van der Waals surface area contributed by atoms with Crippen LogP contribution in [0.2, 0.25) is 0 Å². The number of methoxy groups -OCH3 is 1. The molecule has 2 heterocycles. The van der Waals surface area contributed by atoms with Crippen LogP contribution in [-0.4, -0.2) is 85.8 Å². The number of benzene rings is 1. The van der Waals surface area contributed by atoms with E-state index in [4.69, 9.17) is 19.5 Å². The summed E-state index contributed by atoms with van der Waals surface area (Å²) in [7, 11) is 1.57. The van der Waals surface area contributed by atoms with Crippen molar-refractivity contribution in [2.45, 2.75) is 31.0 Å². The number of likely N-dealkylation sites (tertiary alicyclic amines) is 1. The Hall–Kier alpha value is -2.34. The van der Waals surface area contributed by atoms with Crippen molar-refractivity contribution in [3.05, 3.63) is 29.8 Å². The minimum absolute atomic E-state index is 0.185. The fraction of sp³-hybridized carbons (Fsp3) is 0.600. The number of rotatable bonds is 8. The van der Waals surface area contributed by atoms with Crippen LogP contribution in [0.15, 0.2) is 24.3 Å². The first-order valence-corrected chi connectivity index (χ1v) is 9.58. The number of aliphatic hydroxyl groups is 1. The van der Waals surface area contributed by atoms with Gasteiger partial charge < -0.3 is 24.2 Å². The van der Waals surface area contributed by atoms with Crippen LogP contribution in [0.25, 0.3) is 0 Å². The van der Waals surface area contributed by atoms with Gasteiger partial charge in [-0.15, -0.1) is 0 Å². The Labute approximate surface area is 165 Å². The zero-order chi connectivity index (χ0) is 19.9. The van der Waals surface area contributed by atoms with Gasteiger partial charge in [0.15, 0.2) is 0 Å². The number of nitrogens with zero attached hydrogens (tertiary/aromatic N) is 3. The van der Waals surface area contributed by atoms with Crippen molar-refractivity contribution in [2.75, 3.05) is 46.6 Å². The van der Waals surface area contributed by atoms with Gasteiger partial charge in [0, 0.05) is 38.8 Å². The van der Waals surface area contributed by atoms with Gasteiger partial charge in [-0.3, -0.25) is 4.90 Å². The van der Waals surface area contributed by atoms with Gasteiger partial charge in [-0.2, -0.15) is 5.26 Å². The van der Waals surface area contributed by atoms with E-state index < -0.39 is 6.10 Å². The Kier molecular flexibility index (Phi) is 7.09. The van der Waals surface area contributed by atoms with Crippen molar-refractivity contribution < 1.29 is 24.1 Å². The standard InChI is InChI=1S/C20H27N3O5/c1-26-8-9-27-20(25)22-11-16-4-5-17(12-22)23(16)13-18(24)14-28-19-6-2-15(10-21)3-7-19/h2-3,6-7,16-18,24H,4-5,8-9,11-14H2,1H3. The summed E-state index contributed by atoms with van der Waals surface area (Å²) in [5.74, 6) is 0.629. The first-order chi connectivity index (χ1) is 13.6. The molecule has 152 valence electrons. The number of carbonyl (C=O) groups excluding carboxylic acids is 1. The molecule has 3 unspecified atom stereocenters. The van der Waals surface area contributed by atoms with Crippen LogP contribution in [-0.2, 0) is 9.47 Å². The first kappa shape index (κ1) is 20.4. The van der Waals surface area contributed by atoms with E-state index in [-0.39, 0.29) is 31.4 Å². The molecule has 3 atom stereocenters. The van der Waals surface area contributed by atoms with Gasteiger partial charge in [0.1, 0.15) is 25.1 Å². The topological polar surface area (TPSA) is 95.3 Å². The van der Waals surface area contributed by atoms with Crippen LogP contribution in [0.4, 0.5) is 4.79 Å². The van der Waals surface area contributed by atoms with Crippen molar-refractivity contribution in [3.63, 3.8) is 0 Å². The van der Waals surface area contributed by atoms with Crippen molar-refractivity contribution in [3.8, 4) is 11.8 Å². The van der Waals surface area contributed by atoms with E-state index in [0.29, 0.717) is 37.6 Å². The van der Waals surface area contributed by atoms with E-state index in [2.05, 4.69) is 11.0 Å². The number of fused-ring (bicyclic) bond motifs is 2. The van der Waals surface area contributed by atoms with E-state index in [9.17, 15) is 9.90 Å². The van der Waals surface area contributed by atoms with E-state index >= 15 is 0 Å². The third kappa shape index (κ3) is 5.13. The number of amides is 1. The molecule has 1 amide bonds. The molecule has 2 aliphatic heterocycles. The minimum atomic E-state index is -0.626. The van der Waals surface area contributed by atoms with Crippen molar-refractivity contribution in [1.82, 2.24) is 9.80 Å². The van der Waals surface area contributed by atoms with E-state index in [1.807, 2.05) is 0 Å². The van der Waals surface area contributed by atoms with Crippen LogP contribution in [0, 0.1) is 11.3 Å². The second-order valence-corrected chi connectivity index (χ2v) is 7.19. The average Bonchev–Trinajstić information content (AvgIpc) is 2.93. The molecule has 0 radical (unpaired) electrons. The van der Waals surface area contributed by atoms with Gasteiger partial charge in [0.25, 0.3) is 0 Å². The van der Waals surface area contributed by atoms with Crippen LogP contribution in [0.3, 0.4) is 0 Å². The van der Waals surface area contributed by atoms with Gasteiger partial charge in [-0.05, 0) is 37.1 Å². The monoisotopic (exact) mass is 389 g/mol. The highest BCUT2D eigenvalue weighted by Gasteiger charge is 2.42. The van der Waals surface area contributed by atoms with Gasteiger partial charge in [0.05, 0.1) is 18.2 Å². The number of hydrogen-bond acceptors (Lipinski definition) is 7. The molecule has 8 nitrogen and oxygen atoms in total. The highest BCUT2D eigenvalue weighted by atomic mass is 16.6. The predicted molar refractivity (Wildman–Crippen MR) is 101 cm³/mol. The molecule has 0 aromatic heterocycles. The van der Waals surface area contributed by atoms with Crippen molar-refractivity contribution >= 4 is 6.09 Å². The maximum Gasteiger partial charge on any atom is 0.409 e. The van der Waals surface area contributed by atoms with Crippen LogP contribution in [0.5, 0.6) is 5.75 Å². The van der Waals surface area contributed by atoms with E-state index in [1.165, 1.54) is 0 Å². The Morgan fingerprint density at radius 2 is 1.93 bits per heavy atom. The molecule has 8 heteroatoms. The highest BCUT2D eigenvalue weighted by molar-refractivity contribution is 5.68. The second kappa shape index (κ2) is 9.73. The molecule has 2 aliphatic rings. The Balaban J connectivity index is 1.45. The summed E-state index contributed by atoms with van der Waals surface area (Å²) in [6.07, 6.45) is 1.10. The molecule has 2 fully saturated rings. The molecular weight excluding hydrogens is 362 g/mol. The summed E-state index contributed by atoms with van der Waals surface area (Å²) in [5.41, 5.74) is 0.572. The SMILES string of the molecule is COCCOC(=O)N1CC2CCC(C1)N2CC(O)COc1ccc(C#N)cc1. The summed E-state index contributed by atoms with van der Waals surface area (Å²) >= 11 is 0. The number of hydrogen-bond donors (Lipinski definition) is 1. The molecule has 0 spiro atoms. The van der Waals surface area contributed by atoms with Crippen molar-refractivity contribution in [2.24, 2.45) is 0 Å².